The van der Waals surface area contributed by atoms with Gasteiger partial charge in [-0.25, -0.2) is 4.39 Å². The molecule has 0 aliphatic carbocycles. The predicted molar refractivity (Wildman–Crippen MR) is 85.3 cm³/mol. The van der Waals surface area contributed by atoms with Crippen LogP contribution in [0.5, 0.6) is 0 Å². The molecule has 1 aromatic rings. The highest BCUT2D eigenvalue weighted by Crippen LogP contribution is 2.18. The minimum Gasteiger partial charge on any atom is -0.385 e. The van der Waals surface area contributed by atoms with E-state index in [2.05, 4.69) is 43.2 Å². The van der Waals surface area contributed by atoms with Gasteiger partial charge in [-0.1, -0.05) is 6.07 Å². The average Bonchev–Trinajstić information content (AvgIpc) is 2.42. The Morgan fingerprint density at radius 3 is 2.38 bits per heavy atom. The smallest absolute Gasteiger partial charge is 0.253 e. The summed E-state index contributed by atoms with van der Waals surface area (Å²) >= 11 is 0. The summed E-state index contributed by atoms with van der Waals surface area (Å²) < 4.78 is 13.6. The SMILES string of the molecule is CNc1c(F)cccc1C(=O)NCCN(C(C)C)C(C)C. The summed E-state index contributed by atoms with van der Waals surface area (Å²) in [5.41, 5.74) is 0.567. The number of rotatable bonds is 7. The summed E-state index contributed by atoms with van der Waals surface area (Å²) in [5, 5.41) is 5.59. The fourth-order valence-electron chi connectivity index (χ4n) is 2.47. The third-order valence-corrected chi connectivity index (χ3v) is 3.49. The topological polar surface area (TPSA) is 44.4 Å². The van der Waals surface area contributed by atoms with Crippen molar-refractivity contribution >= 4 is 11.6 Å². The van der Waals surface area contributed by atoms with Crippen molar-refractivity contribution in [3.63, 3.8) is 0 Å². The molecule has 4 nitrogen and oxygen atoms in total. The van der Waals surface area contributed by atoms with E-state index >= 15 is 0 Å². The van der Waals surface area contributed by atoms with Gasteiger partial charge in [0.2, 0.25) is 0 Å². The van der Waals surface area contributed by atoms with Crippen molar-refractivity contribution in [3.05, 3.63) is 29.6 Å². The fourth-order valence-corrected chi connectivity index (χ4v) is 2.47. The van der Waals surface area contributed by atoms with Crippen molar-refractivity contribution in [2.75, 3.05) is 25.5 Å². The van der Waals surface area contributed by atoms with E-state index in [4.69, 9.17) is 0 Å². The van der Waals surface area contributed by atoms with Crippen LogP contribution >= 0.6 is 0 Å². The molecule has 0 radical (unpaired) electrons. The molecule has 0 heterocycles. The van der Waals surface area contributed by atoms with E-state index in [0.29, 0.717) is 24.2 Å². The molecule has 1 amide bonds. The molecular weight excluding hydrogens is 269 g/mol. The van der Waals surface area contributed by atoms with E-state index in [1.165, 1.54) is 6.07 Å². The number of anilines is 1. The maximum absolute atomic E-state index is 13.6. The van der Waals surface area contributed by atoms with Gasteiger partial charge in [0.05, 0.1) is 11.3 Å². The minimum absolute atomic E-state index is 0.236. The van der Waals surface area contributed by atoms with Crippen molar-refractivity contribution in [3.8, 4) is 0 Å². The minimum atomic E-state index is -0.420. The first-order valence-corrected chi connectivity index (χ1v) is 7.38. The van der Waals surface area contributed by atoms with Gasteiger partial charge in [0, 0.05) is 32.2 Å². The summed E-state index contributed by atoms with van der Waals surface area (Å²) in [7, 11) is 1.61. The van der Waals surface area contributed by atoms with Crippen LogP contribution in [0.15, 0.2) is 18.2 Å². The molecule has 0 fully saturated rings. The van der Waals surface area contributed by atoms with Crippen LogP contribution in [0.25, 0.3) is 0 Å². The lowest BCUT2D eigenvalue weighted by atomic mass is 10.1. The first-order chi connectivity index (χ1) is 9.88. The molecule has 0 saturated heterocycles. The molecule has 0 aromatic heterocycles. The molecule has 0 spiro atoms. The number of nitrogens with one attached hydrogen (secondary N) is 2. The van der Waals surface area contributed by atoms with Gasteiger partial charge in [0.25, 0.3) is 5.91 Å². The Morgan fingerprint density at radius 1 is 1.24 bits per heavy atom. The number of hydrogen-bond acceptors (Lipinski definition) is 3. The van der Waals surface area contributed by atoms with E-state index < -0.39 is 5.82 Å². The zero-order valence-electron chi connectivity index (χ0n) is 13.5. The van der Waals surface area contributed by atoms with Crippen LogP contribution in [0.2, 0.25) is 0 Å². The maximum atomic E-state index is 13.6. The summed E-state index contributed by atoms with van der Waals surface area (Å²) in [6.07, 6.45) is 0. The molecule has 0 aliphatic heterocycles. The summed E-state index contributed by atoms with van der Waals surface area (Å²) in [6, 6.07) is 5.34. The van der Waals surface area contributed by atoms with E-state index in [0.717, 1.165) is 6.54 Å². The lowest BCUT2D eigenvalue weighted by Gasteiger charge is -2.30. The Hall–Kier alpha value is -1.62. The molecule has 1 aromatic carbocycles. The van der Waals surface area contributed by atoms with Gasteiger partial charge in [0.1, 0.15) is 5.82 Å². The van der Waals surface area contributed by atoms with Gasteiger partial charge in [-0.3, -0.25) is 9.69 Å². The second-order valence-electron chi connectivity index (χ2n) is 5.59. The third kappa shape index (κ3) is 4.70. The van der Waals surface area contributed by atoms with E-state index in [1.54, 1.807) is 19.2 Å². The highest BCUT2D eigenvalue weighted by atomic mass is 19.1. The highest BCUT2D eigenvalue weighted by molar-refractivity contribution is 5.99. The van der Waals surface area contributed by atoms with Crippen molar-refractivity contribution < 1.29 is 9.18 Å². The Kier molecular flexibility index (Phi) is 6.62. The number of hydrogen-bond donors (Lipinski definition) is 2. The van der Waals surface area contributed by atoms with Crippen LogP contribution in [0.4, 0.5) is 10.1 Å². The number of para-hydroxylation sites is 1. The molecule has 5 heteroatoms. The summed E-state index contributed by atoms with van der Waals surface area (Å²) in [5.74, 6) is -0.678. The largest absolute Gasteiger partial charge is 0.385 e. The van der Waals surface area contributed by atoms with Crippen molar-refractivity contribution in [1.82, 2.24) is 10.2 Å². The lowest BCUT2D eigenvalue weighted by Crippen LogP contribution is -2.42. The lowest BCUT2D eigenvalue weighted by molar-refractivity contribution is 0.0940. The molecular formula is C16H26FN3O. The second-order valence-corrected chi connectivity index (χ2v) is 5.59. The van der Waals surface area contributed by atoms with Crippen LogP contribution in [0, 0.1) is 5.82 Å². The molecule has 0 aliphatic rings. The molecule has 21 heavy (non-hydrogen) atoms. The van der Waals surface area contributed by atoms with Crippen molar-refractivity contribution in [1.29, 1.82) is 0 Å². The van der Waals surface area contributed by atoms with Gasteiger partial charge in [0.15, 0.2) is 0 Å². The number of carbonyl (C=O) groups excluding carboxylic acids is 1. The van der Waals surface area contributed by atoms with Gasteiger partial charge < -0.3 is 10.6 Å². The molecule has 0 atom stereocenters. The van der Waals surface area contributed by atoms with E-state index in [-0.39, 0.29) is 11.6 Å². The first kappa shape index (κ1) is 17.4. The zero-order valence-corrected chi connectivity index (χ0v) is 13.5. The molecule has 118 valence electrons. The van der Waals surface area contributed by atoms with Gasteiger partial charge >= 0.3 is 0 Å². The van der Waals surface area contributed by atoms with Crippen molar-refractivity contribution in [2.24, 2.45) is 0 Å². The molecule has 2 N–H and O–H groups in total. The van der Waals surface area contributed by atoms with Crippen LogP contribution in [0.1, 0.15) is 38.1 Å². The number of nitrogens with zero attached hydrogens (tertiary/aromatic N) is 1. The quantitative estimate of drug-likeness (QED) is 0.813. The first-order valence-electron chi connectivity index (χ1n) is 7.38. The third-order valence-electron chi connectivity index (χ3n) is 3.49. The Balaban J connectivity index is 2.65. The van der Waals surface area contributed by atoms with E-state index in [1.807, 2.05) is 0 Å². The number of benzene rings is 1. The normalized spacial score (nSPS) is 11.3. The maximum Gasteiger partial charge on any atom is 0.253 e. The predicted octanol–water partition coefficient (Wildman–Crippen LogP) is 2.72. The Labute approximate surface area is 126 Å². The fraction of sp³-hybridized carbons (Fsp3) is 0.562. The van der Waals surface area contributed by atoms with E-state index in [9.17, 15) is 9.18 Å². The zero-order chi connectivity index (χ0) is 16.0. The second kappa shape index (κ2) is 7.98. The van der Waals surface area contributed by atoms with Crippen LogP contribution < -0.4 is 10.6 Å². The summed E-state index contributed by atoms with van der Waals surface area (Å²) in [6.45, 7) is 9.84. The van der Waals surface area contributed by atoms with Crippen molar-refractivity contribution in [2.45, 2.75) is 39.8 Å². The van der Waals surface area contributed by atoms with Crippen LogP contribution in [-0.2, 0) is 0 Å². The average molecular weight is 295 g/mol. The number of amides is 1. The molecule has 0 unspecified atom stereocenters. The van der Waals surface area contributed by atoms with Gasteiger partial charge in [-0.2, -0.15) is 0 Å². The monoisotopic (exact) mass is 295 g/mol. The van der Waals surface area contributed by atoms with Crippen LogP contribution in [-0.4, -0.2) is 43.0 Å². The standard InChI is InChI=1S/C16H26FN3O/c1-11(2)20(12(3)4)10-9-19-16(21)13-7-6-8-14(17)15(13)18-5/h6-8,11-12,18H,9-10H2,1-5H3,(H,19,21). The summed E-state index contributed by atoms with van der Waals surface area (Å²) in [4.78, 5) is 14.5. The molecule has 1 rings (SSSR count). The number of carbonyl (C=O) groups is 1. The van der Waals surface area contributed by atoms with Crippen LogP contribution in [0.3, 0.4) is 0 Å². The Bertz CT molecular complexity index is 467. The van der Waals surface area contributed by atoms with Gasteiger partial charge in [-0.05, 0) is 39.8 Å². The Morgan fingerprint density at radius 2 is 1.86 bits per heavy atom. The number of halogens is 1. The molecule has 0 saturated carbocycles. The molecule has 0 bridgehead atoms. The highest BCUT2D eigenvalue weighted by Gasteiger charge is 2.16. The van der Waals surface area contributed by atoms with Gasteiger partial charge in [-0.15, -0.1) is 0 Å².